The highest BCUT2D eigenvalue weighted by Crippen LogP contribution is 2.74. The standard InChI is InChI=1S/C30H48O5/c1-25(2)14-16-30(24(33)34)17-15-28(6)19(20(30)18-25)8-9-22-27(5,12-11-23(31)32)21(26(3,4)35)10-13-29(22,28)7/h8,20-22,35H,9-18H2,1-7H3,(H,31,32)(H,33,34)/t20-,21?,22-,27+,28-,29-,30+/m1/s1. The molecule has 0 amide bonds. The first-order valence-electron chi connectivity index (χ1n) is 13.8. The van der Waals surface area contributed by atoms with Gasteiger partial charge in [-0.2, -0.15) is 0 Å². The van der Waals surface area contributed by atoms with Gasteiger partial charge in [0.2, 0.25) is 0 Å². The number of rotatable bonds is 5. The molecule has 0 heterocycles. The summed E-state index contributed by atoms with van der Waals surface area (Å²) in [6.07, 6.45) is 9.99. The van der Waals surface area contributed by atoms with Crippen molar-refractivity contribution in [2.75, 3.05) is 0 Å². The van der Waals surface area contributed by atoms with E-state index in [9.17, 15) is 24.9 Å². The Morgan fingerprint density at radius 1 is 1.00 bits per heavy atom. The molecule has 3 N–H and O–H groups in total. The lowest BCUT2D eigenvalue weighted by atomic mass is 9.35. The molecule has 0 saturated heterocycles. The van der Waals surface area contributed by atoms with E-state index in [1.165, 1.54) is 5.57 Å². The summed E-state index contributed by atoms with van der Waals surface area (Å²) in [5.41, 5.74) is -0.490. The molecule has 4 rings (SSSR count). The van der Waals surface area contributed by atoms with Crippen molar-refractivity contribution < 1.29 is 24.9 Å². The highest BCUT2D eigenvalue weighted by molar-refractivity contribution is 5.76. The van der Waals surface area contributed by atoms with E-state index in [1.807, 2.05) is 13.8 Å². The first kappa shape index (κ1) is 26.7. The van der Waals surface area contributed by atoms with Crippen molar-refractivity contribution in [3.05, 3.63) is 11.6 Å². The maximum Gasteiger partial charge on any atom is 0.310 e. The molecule has 0 aromatic carbocycles. The van der Waals surface area contributed by atoms with Crippen LogP contribution in [0.2, 0.25) is 0 Å². The smallest absolute Gasteiger partial charge is 0.310 e. The van der Waals surface area contributed by atoms with Crippen LogP contribution in [0.1, 0.15) is 113 Å². The SMILES string of the molecule is CC1(C)CC[C@]2(C(=O)O)CC[C@]3(C)C(=CC[C@@H]4[C@@](C)(CCC(=O)O)C(C(C)(C)O)CC[C@]43C)[C@H]2C1. The maximum atomic E-state index is 12.8. The van der Waals surface area contributed by atoms with Gasteiger partial charge in [-0.1, -0.05) is 46.3 Å². The fraction of sp³-hybridized carbons (Fsp3) is 0.867. The van der Waals surface area contributed by atoms with E-state index in [-0.39, 0.29) is 45.8 Å². The third-order valence-electron chi connectivity index (χ3n) is 12.1. The van der Waals surface area contributed by atoms with Gasteiger partial charge in [-0.3, -0.25) is 9.59 Å². The zero-order valence-corrected chi connectivity index (χ0v) is 23.0. The third-order valence-corrected chi connectivity index (χ3v) is 12.1. The molecule has 0 aliphatic heterocycles. The highest BCUT2D eigenvalue weighted by atomic mass is 16.4. The number of hydrogen-bond acceptors (Lipinski definition) is 3. The van der Waals surface area contributed by atoms with Crippen molar-refractivity contribution in [1.29, 1.82) is 0 Å². The van der Waals surface area contributed by atoms with Crippen molar-refractivity contribution in [3.8, 4) is 0 Å². The van der Waals surface area contributed by atoms with Crippen molar-refractivity contribution in [2.24, 2.45) is 44.8 Å². The average molecular weight is 489 g/mol. The van der Waals surface area contributed by atoms with Gasteiger partial charge in [0.1, 0.15) is 0 Å². The second-order valence-corrected chi connectivity index (χ2v) is 14.7. The van der Waals surface area contributed by atoms with Crippen LogP contribution in [0, 0.1) is 44.8 Å². The Balaban J connectivity index is 1.82. The van der Waals surface area contributed by atoms with E-state index in [0.29, 0.717) is 6.42 Å². The van der Waals surface area contributed by atoms with Gasteiger partial charge in [0.15, 0.2) is 0 Å². The van der Waals surface area contributed by atoms with Crippen LogP contribution < -0.4 is 0 Å². The molecular formula is C30H48O5. The Hall–Kier alpha value is -1.36. The van der Waals surface area contributed by atoms with Crippen molar-refractivity contribution in [1.82, 2.24) is 0 Å². The molecule has 4 aliphatic carbocycles. The molecule has 0 bridgehead atoms. The van der Waals surface area contributed by atoms with Crippen LogP contribution >= 0.6 is 0 Å². The van der Waals surface area contributed by atoms with Gasteiger partial charge >= 0.3 is 11.9 Å². The van der Waals surface area contributed by atoms with Gasteiger partial charge in [-0.05, 0) is 111 Å². The molecule has 5 nitrogen and oxygen atoms in total. The van der Waals surface area contributed by atoms with Crippen LogP contribution in [0.4, 0.5) is 0 Å². The van der Waals surface area contributed by atoms with Gasteiger partial charge in [-0.25, -0.2) is 0 Å². The molecule has 7 atom stereocenters. The highest BCUT2D eigenvalue weighted by Gasteiger charge is 2.68. The molecule has 35 heavy (non-hydrogen) atoms. The van der Waals surface area contributed by atoms with E-state index in [2.05, 4.69) is 40.7 Å². The number of aliphatic hydroxyl groups is 1. The van der Waals surface area contributed by atoms with E-state index >= 15 is 0 Å². The van der Waals surface area contributed by atoms with Crippen molar-refractivity contribution >= 4 is 11.9 Å². The topological polar surface area (TPSA) is 94.8 Å². The number of carboxylic acid groups (broad SMARTS) is 2. The van der Waals surface area contributed by atoms with Crippen LogP contribution in [0.5, 0.6) is 0 Å². The fourth-order valence-corrected chi connectivity index (χ4v) is 9.88. The minimum atomic E-state index is -0.877. The summed E-state index contributed by atoms with van der Waals surface area (Å²) < 4.78 is 0. The average Bonchev–Trinajstić information content (AvgIpc) is 2.71. The van der Waals surface area contributed by atoms with Crippen LogP contribution in [0.25, 0.3) is 0 Å². The van der Waals surface area contributed by atoms with Gasteiger partial charge in [0, 0.05) is 6.42 Å². The second kappa shape index (κ2) is 8.07. The molecule has 3 saturated carbocycles. The molecule has 1 unspecified atom stereocenters. The summed E-state index contributed by atoms with van der Waals surface area (Å²) in [5.74, 6) is -1.05. The molecule has 4 aliphatic rings. The molecule has 0 aromatic heterocycles. The summed E-state index contributed by atoms with van der Waals surface area (Å²) in [6, 6.07) is 0. The quantitative estimate of drug-likeness (QED) is 0.375. The largest absolute Gasteiger partial charge is 0.481 e. The molecule has 3 fully saturated rings. The van der Waals surface area contributed by atoms with Gasteiger partial charge < -0.3 is 15.3 Å². The minimum absolute atomic E-state index is 0.0290. The zero-order chi connectivity index (χ0) is 26.2. The number of carboxylic acids is 2. The fourth-order valence-electron chi connectivity index (χ4n) is 9.88. The minimum Gasteiger partial charge on any atom is -0.481 e. The summed E-state index contributed by atoms with van der Waals surface area (Å²) >= 11 is 0. The molecule has 5 heteroatoms. The summed E-state index contributed by atoms with van der Waals surface area (Å²) in [7, 11) is 0. The van der Waals surface area contributed by atoms with Crippen molar-refractivity contribution in [2.45, 2.75) is 118 Å². The zero-order valence-electron chi connectivity index (χ0n) is 23.0. The van der Waals surface area contributed by atoms with E-state index in [0.717, 1.165) is 51.4 Å². The summed E-state index contributed by atoms with van der Waals surface area (Å²) in [5, 5.41) is 31.3. The number of fused-ring (bicyclic) bond motifs is 5. The van der Waals surface area contributed by atoms with E-state index in [4.69, 9.17) is 0 Å². The monoisotopic (exact) mass is 488 g/mol. The molecule has 0 spiro atoms. The van der Waals surface area contributed by atoms with Gasteiger partial charge in [-0.15, -0.1) is 0 Å². The number of allylic oxidation sites excluding steroid dienone is 2. The summed E-state index contributed by atoms with van der Waals surface area (Å²) in [6.45, 7) is 15.4. The normalized spacial score (nSPS) is 44.9. The van der Waals surface area contributed by atoms with Crippen LogP contribution in [0.15, 0.2) is 11.6 Å². The molecule has 0 aromatic rings. The Kier molecular flexibility index (Phi) is 6.15. The Bertz CT molecular complexity index is 928. The first-order chi connectivity index (χ1) is 15.9. The van der Waals surface area contributed by atoms with E-state index < -0.39 is 23.0 Å². The lowest BCUT2D eigenvalue weighted by Crippen LogP contribution is -2.63. The Morgan fingerprint density at radius 2 is 1.63 bits per heavy atom. The number of hydrogen-bond donors (Lipinski definition) is 3. The summed E-state index contributed by atoms with van der Waals surface area (Å²) in [4.78, 5) is 24.4. The van der Waals surface area contributed by atoms with Crippen LogP contribution in [-0.2, 0) is 9.59 Å². The molecule has 198 valence electrons. The maximum absolute atomic E-state index is 12.8. The van der Waals surface area contributed by atoms with Crippen molar-refractivity contribution in [3.63, 3.8) is 0 Å². The number of carbonyl (C=O) groups is 2. The number of aliphatic carboxylic acids is 2. The van der Waals surface area contributed by atoms with E-state index in [1.54, 1.807) is 0 Å². The van der Waals surface area contributed by atoms with Gasteiger partial charge in [0.25, 0.3) is 0 Å². The first-order valence-corrected chi connectivity index (χ1v) is 13.8. The van der Waals surface area contributed by atoms with Crippen LogP contribution in [-0.4, -0.2) is 32.9 Å². The Morgan fingerprint density at radius 3 is 2.20 bits per heavy atom. The predicted molar refractivity (Wildman–Crippen MR) is 137 cm³/mol. The Labute approximate surface area is 211 Å². The lowest BCUT2D eigenvalue weighted by molar-refractivity contribution is -0.190. The molecule has 0 radical (unpaired) electrons. The molecular weight excluding hydrogens is 440 g/mol. The third kappa shape index (κ3) is 3.81. The second-order valence-electron chi connectivity index (χ2n) is 14.7. The lowest BCUT2D eigenvalue weighted by Gasteiger charge is -2.69. The van der Waals surface area contributed by atoms with Gasteiger partial charge in [0.05, 0.1) is 11.0 Å². The van der Waals surface area contributed by atoms with Crippen LogP contribution in [0.3, 0.4) is 0 Å². The predicted octanol–water partition coefficient (Wildman–Crippen LogP) is 6.69.